The zero-order chi connectivity index (χ0) is 14.0. The second-order valence-corrected chi connectivity index (χ2v) is 5.94. The van der Waals surface area contributed by atoms with Crippen molar-refractivity contribution >= 4 is 23.1 Å². The molecule has 0 aliphatic carbocycles. The minimum atomic E-state index is -0.967. The molecule has 0 fully saturated rings. The van der Waals surface area contributed by atoms with E-state index in [4.69, 9.17) is 0 Å². The van der Waals surface area contributed by atoms with Crippen molar-refractivity contribution < 1.29 is 9.90 Å². The molecule has 2 aromatic rings. The number of carboxylic acid groups (broad SMARTS) is 1. The van der Waals surface area contributed by atoms with E-state index in [0.29, 0.717) is 11.5 Å². The molecule has 100 valence electrons. The van der Waals surface area contributed by atoms with Crippen LogP contribution in [0.5, 0.6) is 0 Å². The molecule has 1 N–H and O–H groups in total. The van der Waals surface area contributed by atoms with Crippen molar-refractivity contribution in [1.29, 1.82) is 0 Å². The first-order valence-electron chi connectivity index (χ1n) is 5.78. The highest BCUT2D eigenvalue weighted by Gasteiger charge is 2.28. The quantitative estimate of drug-likeness (QED) is 0.912. The maximum Gasteiger partial charge on any atom is 0.412 e. The lowest BCUT2D eigenvalue weighted by Gasteiger charge is -2.32. The van der Waals surface area contributed by atoms with Gasteiger partial charge in [0.25, 0.3) is 0 Å². The van der Waals surface area contributed by atoms with Gasteiger partial charge in [-0.2, -0.15) is 0 Å². The fraction of sp³-hybridized carbons (Fsp3) is 0.308. The number of hydrogen-bond acceptors (Lipinski definition) is 4. The molecule has 0 radical (unpaired) electrons. The summed E-state index contributed by atoms with van der Waals surface area (Å²) in [6.07, 6.45) is 2.37. The normalized spacial score (nSPS) is 11.3. The van der Waals surface area contributed by atoms with Crippen molar-refractivity contribution in [2.45, 2.75) is 26.3 Å². The summed E-state index contributed by atoms with van der Waals surface area (Å²) in [6, 6.07) is 3.55. The third-order valence-electron chi connectivity index (χ3n) is 2.49. The van der Waals surface area contributed by atoms with E-state index in [2.05, 4.69) is 9.97 Å². The minimum Gasteiger partial charge on any atom is -0.465 e. The Morgan fingerprint density at radius 3 is 2.47 bits per heavy atom. The Kier molecular flexibility index (Phi) is 3.53. The lowest BCUT2D eigenvalue weighted by atomic mass is 10.1. The van der Waals surface area contributed by atoms with Crippen LogP contribution in [0.2, 0.25) is 0 Å². The predicted molar refractivity (Wildman–Crippen MR) is 75.6 cm³/mol. The number of thiophene rings is 1. The highest BCUT2D eigenvalue weighted by molar-refractivity contribution is 7.14. The summed E-state index contributed by atoms with van der Waals surface area (Å²) < 4.78 is 0. The van der Waals surface area contributed by atoms with Crippen molar-refractivity contribution in [3.63, 3.8) is 0 Å². The molecule has 0 unspecified atom stereocenters. The Labute approximate surface area is 115 Å². The van der Waals surface area contributed by atoms with Gasteiger partial charge in [-0.3, -0.25) is 4.90 Å². The van der Waals surface area contributed by atoms with E-state index in [1.807, 2.05) is 26.2 Å². The third-order valence-corrected chi connectivity index (χ3v) is 3.41. The summed E-state index contributed by atoms with van der Waals surface area (Å²) in [5.41, 5.74) is 0.147. The molecule has 0 saturated carbocycles. The van der Waals surface area contributed by atoms with E-state index in [1.54, 1.807) is 24.5 Å². The van der Waals surface area contributed by atoms with E-state index in [-0.39, 0.29) is 0 Å². The zero-order valence-corrected chi connectivity index (χ0v) is 11.8. The predicted octanol–water partition coefficient (Wildman–Crippen LogP) is 3.49. The van der Waals surface area contributed by atoms with E-state index < -0.39 is 11.6 Å². The first-order valence-corrected chi connectivity index (χ1v) is 6.66. The molecule has 6 heteroatoms. The number of nitrogens with zero attached hydrogens (tertiary/aromatic N) is 3. The van der Waals surface area contributed by atoms with Gasteiger partial charge < -0.3 is 5.11 Å². The lowest BCUT2D eigenvalue weighted by molar-refractivity contribution is 0.195. The molecule has 0 aromatic carbocycles. The van der Waals surface area contributed by atoms with Crippen LogP contribution in [0.1, 0.15) is 20.8 Å². The average molecular weight is 277 g/mol. The Morgan fingerprint density at radius 2 is 1.95 bits per heavy atom. The topological polar surface area (TPSA) is 66.3 Å². The van der Waals surface area contributed by atoms with Gasteiger partial charge in [0.1, 0.15) is 0 Å². The zero-order valence-electron chi connectivity index (χ0n) is 11.0. The summed E-state index contributed by atoms with van der Waals surface area (Å²) in [5.74, 6) is 0.609. The van der Waals surface area contributed by atoms with Crippen molar-refractivity contribution in [1.82, 2.24) is 9.97 Å². The molecule has 2 heterocycles. The second kappa shape index (κ2) is 4.97. The SMILES string of the molecule is CC(C)(C)N(C(=O)O)c1csc(-c2ncccn2)c1. The van der Waals surface area contributed by atoms with Crippen molar-refractivity contribution in [2.75, 3.05) is 4.90 Å². The van der Waals surface area contributed by atoms with E-state index in [9.17, 15) is 9.90 Å². The standard InChI is InChI=1S/C13H15N3O2S/c1-13(2,3)16(12(17)18)9-7-10(19-8-9)11-14-5-4-6-15-11/h4-8H,1-3H3,(H,17,18). The van der Waals surface area contributed by atoms with Crippen LogP contribution >= 0.6 is 11.3 Å². The smallest absolute Gasteiger partial charge is 0.412 e. The molecule has 0 aliphatic rings. The van der Waals surface area contributed by atoms with Gasteiger partial charge in [0.15, 0.2) is 5.82 Å². The number of aromatic nitrogens is 2. The summed E-state index contributed by atoms with van der Waals surface area (Å²) in [7, 11) is 0. The van der Waals surface area contributed by atoms with Gasteiger partial charge in [0, 0.05) is 23.3 Å². The maximum absolute atomic E-state index is 11.4. The fourth-order valence-electron chi connectivity index (χ4n) is 1.77. The monoisotopic (exact) mass is 277 g/mol. The van der Waals surface area contributed by atoms with E-state index >= 15 is 0 Å². The van der Waals surface area contributed by atoms with Gasteiger partial charge in [-0.05, 0) is 32.9 Å². The van der Waals surface area contributed by atoms with Gasteiger partial charge in [-0.1, -0.05) is 0 Å². The molecule has 2 rings (SSSR count). The summed E-state index contributed by atoms with van der Waals surface area (Å²) in [6.45, 7) is 5.58. The number of anilines is 1. The Hall–Kier alpha value is -1.95. The highest BCUT2D eigenvalue weighted by atomic mass is 32.1. The molecule has 0 spiro atoms. The Morgan fingerprint density at radius 1 is 1.32 bits per heavy atom. The number of carbonyl (C=O) groups is 1. The largest absolute Gasteiger partial charge is 0.465 e. The maximum atomic E-state index is 11.4. The van der Waals surface area contributed by atoms with Crippen molar-refractivity contribution in [2.24, 2.45) is 0 Å². The van der Waals surface area contributed by atoms with Gasteiger partial charge in [0.05, 0.1) is 10.6 Å². The molecule has 1 amide bonds. The summed E-state index contributed by atoms with van der Waals surface area (Å²) in [4.78, 5) is 21.9. The van der Waals surface area contributed by atoms with Crippen LogP contribution in [-0.2, 0) is 0 Å². The van der Waals surface area contributed by atoms with E-state index in [0.717, 1.165) is 4.88 Å². The van der Waals surface area contributed by atoms with Crippen LogP contribution in [0, 0.1) is 0 Å². The molecular weight excluding hydrogens is 262 g/mol. The van der Waals surface area contributed by atoms with Gasteiger partial charge in [-0.15, -0.1) is 11.3 Å². The second-order valence-electron chi connectivity index (χ2n) is 5.03. The molecule has 2 aromatic heterocycles. The van der Waals surface area contributed by atoms with Crippen LogP contribution < -0.4 is 4.90 Å². The first-order chi connectivity index (χ1) is 8.89. The van der Waals surface area contributed by atoms with Crippen molar-refractivity contribution in [3.05, 3.63) is 29.9 Å². The number of amides is 1. The van der Waals surface area contributed by atoms with Crippen LogP contribution in [0.15, 0.2) is 29.9 Å². The molecule has 0 bridgehead atoms. The van der Waals surface area contributed by atoms with Crippen LogP contribution in [0.25, 0.3) is 10.7 Å². The Balaban J connectivity index is 2.38. The minimum absolute atomic E-state index is 0.498. The third kappa shape index (κ3) is 2.90. The first kappa shape index (κ1) is 13.5. The molecule has 5 nitrogen and oxygen atoms in total. The molecule has 0 atom stereocenters. The highest BCUT2D eigenvalue weighted by Crippen LogP contribution is 2.33. The van der Waals surface area contributed by atoms with Crippen LogP contribution in [-0.4, -0.2) is 26.7 Å². The van der Waals surface area contributed by atoms with Crippen LogP contribution in [0.4, 0.5) is 10.5 Å². The summed E-state index contributed by atoms with van der Waals surface area (Å²) in [5, 5.41) is 11.2. The lowest BCUT2D eigenvalue weighted by Crippen LogP contribution is -2.44. The van der Waals surface area contributed by atoms with Gasteiger partial charge in [0.2, 0.25) is 0 Å². The molecular formula is C13H15N3O2S. The number of rotatable bonds is 2. The average Bonchev–Trinajstić information content (AvgIpc) is 2.77. The molecule has 19 heavy (non-hydrogen) atoms. The van der Waals surface area contributed by atoms with Crippen LogP contribution in [0.3, 0.4) is 0 Å². The van der Waals surface area contributed by atoms with Gasteiger partial charge in [-0.25, -0.2) is 14.8 Å². The Bertz CT molecular complexity index is 575. The molecule has 0 aliphatic heterocycles. The van der Waals surface area contributed by atoms with E-state index in [1.165, 1.54) is 16.2 Å². The summed E-state index contributed by atoms with van der Waals surface area (Å²) >= 11 is 1.43. The fourth-order valence-corrected chi connectivity index (χ4v) is 2.59. The van der Waals surface area contributed by atoms with Crippen molar-refractivity contribution in [3.8, 4) is 10.7 Å². The molecule has 0 saturated heterocycles. The number of hydrogen-bond donors (Lipinski definition) is 1. The van der Waals surface area contributed by atoms with Gasteiger partial charge >= 0.3 is 6.09 Å².